The minimum Gasteiger partial charge on any atom is -0.348 e. The van der Waals surface area contributed by atoms with E-state index in [1.54, 1.807) is 50.3 Å². The van der Waals surface area contributed by atoms with Gasteiger partial charge in [-0.3, -0.25) is 4.57 Å². The van der Waals surface area contributed by atoms with Gasteiger partial charge in [0.15, 0.2) is 0 Å². The number of hydrogen-bond donors (Lipinski definition) is 0. The molecule has 0 bridgehead atoms. The van der Waals surface area contributed by atoms with Gasteiger partial charge in [0.25, 0.3) is 0 Å². The molecule has 0 amide bonds. The van der Waals surface area contributed by atoms with Crippen LogP contribution in [0.2, 0.25) is 0 Å². The van der Waals surface area contributed by atoms with Crippen molar-refractivity contribution >= 4 is 5.95 Å². The van der Waals surface area contributed by atoms with Crippen LogP contribution in [0.5, 0.6) is 0 Å². The molecule has 0 saturated carbocycles. The van der Waals surface area contributed by atoms with Crippen molar-refractivity contribution in [2.45, 2.75) is 0 Å². The summed E-state index contributed by atoms with van der Waals surface area (Å²) >= 11 is 0. The van der Waals surface area contributed by atoms with E-state index >= 15 is 0 Å². The quantitative estimate of drug-likeness (QED) is 0.748. The average Bonchev–Trinajstić information content (AvgIpc) is 2.35. The van der Waals surface area contributed by atoms with E-state index in [0.717, 1.165) is 4.57 Å². The van der Waals surface area contributed by atoms with Gasteiger partial charge in [-0.1, -0.05) is 18.2 Å². The minimum absolute atomic E-state index is 0.331. The minimum atomic E-state index is -0.576. The molecule has 0 aliphatic rings. The molecule has 1 aromatic carbocycles. The number of nitrogens with zero attached hydrogens (tertiary/aromatic N) is 4. The van der Waals surface area contributed by atoms with Gasteiger partial charge in [-0.05, 0) is 12.1 Å². The number of hydrogen-bond acceptors (Lipinski definition) is 4. The molecule has 0 spiro atoms. The summed E-state index contributed by atoms with van der Waals surface area (Å²) in [5, 5.41) is 0. The fraction of sp³-hybridized carbons (Fsp3) is 0.250. The molecule has 0 radical (unpaired) electrons. The molecule has 1 heterocycles. The van der Waals surface area contributed by atoms with E-state index in [4.69, 9.17) is 0 Å². The summed E-state index contributed by atoms with van der Waals surface area (Å²) in [5.41, 5.74) is -0.473. The second-order valence-corrected chi connectivity index (χ2v) is 4.10. The fourth-order valence-corrected chi connectivity index (χ4v) is 1.73. The van der Waals surface area contributed by atoms with Gasteiger partial charge >= 0.3 is 11.4 Å². The Kier molecular flexibility index (Phi) is 3.01. The van der Waals surface area contributed by atoms with Crippen molar-refractivity contribution < 1.29 is 0 Å². The van der Waals surface area contributed by atoms with Crippen molar-refractivity contribution in [1.29, 1.82) is 0 Å². The Hall–Kier alpha value is -2.37. The zero-order valence-corrected chi connectivity index (χ0v) is 10.5. The Morgan fingerprint density at radius 3 is 2.28 bits per heavy atom. The summed E-state index contributed by atoms with van der Waals surface area (Å²) in [4.78, 5) is 29.6. The van der Waals surface area contributed by atoms with E-state index in [9.17, 15) is 9.59 Å². The molecule has 2 rings (SSSR count). The van der Waals surface area contributed by atoms with Crippen LogP contribution in [0.15, 0.2) is 39.9 Å². The first kappa shape index (κ1) is 12.1. The molecule has 0 N–H and O–H groups in total. The molecule has 0 fully saturated rings. The van der Waals surface area contributed by atoms with Crippen molar-refractivity contribution in [3.05, 3.63) is 51.3 Å². The third-order valence-electron chi connectivity index (χ3n) is 2.58. The summed E-state index contributed by atoms with van der Waals surface area (Å²) in [6.45, 7) is 0. The van der Waals surface area contributed by atoms with Crippen molar-refractivity contribution in [3.63, 3.8) is 0 Å². The van der Waals surface area contributed by atoms with Crippen LogP contribution in [0.1, 0.15) is 0 Å². The predicted molar refractivity (Wildman–Crippen MR) is 69.4 cm³/mol. The Morgan fingerprint density at radius 1 is 1.11 bits per heavy atom. The molecule has 0 atom stereocenters. The predicted octanol–water partition coefficient (Wildman–Crippen LogP) is -0.00280. The molecular weight excluding hydrogens is 232 g/mol. The topological polar surface area (TPSA) is 60.1 Å². The molecule has 0 saturated heterocycles. The van der Waals surface area contributed by atoms with Crippen LogP contribution < -0.4 is 16.3 Å². The Balaban J connectivity index is 2.77. The van der Waals surface area contributed by atoms with Crippen LogP contribution in [0.3, 0.4) is 0 Å². The maximum Gasteiger partial charge on any atom is 0.359 e. The van der Waals surface area contributed by atoms with E-state index in [1.807, 2.05) is 6.07 Å². The Bertz CT molecular complexity index is 671. The first-order chi connectivity index (χ1) is 8.52. The third-order valence-corrected chi connectivity index (χ3v) is 2.58. The number of rotatable bonds is 2. The SMILES string of the molecule is CN(C)c1nc(=O)n(-c2ccccc2)c(=O)n1C. The zero-order chi connectivity index (χ0) is 13.3. The van der Waals surface area contributed by atoms with Gasteiger partial charge < -0.3 is 4.90 Å². The van der Waals surface area contributed by atoms with Gasteiger partial charge in [0, 0.05) is 21.1 Å². The first-order valence-electron chi connectivity index (χ1n) is 5.45. The normalized spacial score (nSPS) is 10.4. The lowest BCUT2D eigenvalue weighted by molar-refractivity contribution is 0.683. The van der Waals surface area contributed by atoms with Crippen molar-refractivity contribution in [2.75, 3.05) is 19.0 Å². The van der Waals surface area contributed by atoms with Crippen molar-refractivity contribution in [2.24, 2.45) is 7.05 Å². The van der Waals surface area contributed by atoms with E-state index < -0.39 is 11.4 Å². The largest absolute Gasteiger partial charge is 0.359 e. The molecule has 94 valence electrons. The van der Waals surface area contributed by atoms with E-state index in [0.29, 0.717) is 11.6 Å². The lowest BCUT2D eigenvalue weighted by Gasteiger charge is -2.15. The second-order valence-electron chi connectivity index (χ2n) is 4.10. The van der Waals surface area contributed by atoms with Crippen molar-refractivity contribution in [1.82, 2.24) is 14.1 Å². The van der Waals surface area contributed by atoms with Crippen LogP contribution in [0.4, 0.5) is 5.95 Å². The van der Waals surface area contributed by atoms with Gasteiger partial charge in [0.05, 0.1) is 5.69 Å². The smallest absolute Gasteiger partial charge is 0.348 e. The number of aromatic nitrogens is 3. The van der Waals surface area contributed by atoms with Crippen LogP contribution in [0.25, 0.3) is 5.69 Å². The Morgan fingerprint density at radius 2 is 1.72 bits per heavy atom. The van der Waals surface area contributed by atoms with Crippen LogP contribution in [-0.4, -0.2) is 28.2 Å². The highest BCUT2D eigenvalue weighted by Gasteiger charge is 2.12. The standard InChI is InChI=1S/C12H14N4O2/c1-14(2)10-13-11(17)16(12(18)15(10)3)9-7-5-4-6-8-9/h4-8H,1-3H3. The Labute approximate surface area is 104 Å². The molecule has 2 aromatic rings. The summed E-state index contributed by atoms with van der Waals surface area (Å²) in [6.07, 6.45) is 0. The maximum atomic E-state index is 12.2. The number of benzene rings is 1. The molecule has 1 aromatic heterocycles. The highest BCUT2D eigenvalue weighted by Crippen LogP contribution is 2.03. The lowest BCUT2D eigenvalue weighted by atomic mass is 10.3. The number of para-hydroxylation sites is 1. The maximum absolute atomic E-state index is 12.2. The molecule has 6 nitrogen and oxygen atoms in total. The fourth-order valence-electron chi connectivity index (χ4n) is 1.73. The second kappa shape index (κ2) is 4.48. The van der Waals surface area contributed by atoms with E-state index in [2.05, 4.69) is 4.98 Å². The molecular formula is C12H14N4O2. The summed E-state index contributed by atoms with van der Waals surface area (Å²) in [7, 11) is 5.05. The highest BCUT2D eigenvalue weighted by molar-refractivity contribution is 5.33. The highest BCUT2D eigenvalue weighted by atomic mass is 16.2. The van der Waals surface area contributed by atoms with Gasteiger partial charge in [-0.25, -0.2) is 14.2 Å². The van der Waals surface area contributed by atoms with Crippen LogP contribution in [-0.2, 0) is 7.05 Å². The summed E-state index contributed by atoms with van der Waals surface area (Å²) in [6, 6.07) is 8.74. The first-order valence-corrected chi connectivity index (χ1v) is 5.45. The lowest BCUT2D eigenvalue weighted by Crippen LogP contribution is -2.41. The molecule has 18 heavy (non-hydrogen) atoms. The monoisotopic (exact) mass is 246 g/mol. The molecule has 6 heteroatoms. The van der Waals surface area contributed by atoms with E-state index in [-0.39, 0.29) is 0 Å². The molecule has 0 aliphatic carbocycles. The molecule has 0 aliphatic heterocycles. The van der Waals surface area contributed by atoms with Crippen molar-refractivity contribution in [3.8, 4) is 5.69 Å². The summed E-state index contributed by atoms with van der Waals surface area (Å²) in [5.74, 6) is 0.331. The average molecular weight is 246 g/mol. The number of anilines is 1. The van der Waals surface area contributed by atoms with Crippen LogP contribution in [0, 0.1) is 0 Å². The molecule has 0 unspecified atom stereocenters. The van der Waals surface area contributed by atoms with Gasteiger partial charge in [0.2, 0.25) is 5.95 Å². The zero-order valence-electron chi connectivity index (χ0n) is 10.5. The van der Waals surface area contributed by atoms with Gasteiger partial charge in [0.1, 0.15) is 0 Å². The van der Waals surface area contributed by atoms with Gasteiger partial charge in [-0.15, -0.1) is 0 Å². The van der Waals surface area contributed by atoms with Crippen LogP contribution >= 0.6 is 0 Å². The van der Waals surface area contributed by atoms with E-state index in [1.165, 1.54) is 4.57 Å². The third kappa shape index (κ3) is 1.92. The van der Waals surface area contributed by atoms with Gasteiger partial charge in [-0.2, -0.15) is 4.98 Å². The summed E-state index contributed by atoms with van der Waals surface area (Å²) < 4.78 is 2.39.